The van der Waals surface area contributed by atoms with E-state index in [0.29, 0.717) is 12.2 Å². The van der Waals surface area contributed by atoms with Gasteiger partial charge in [0.1, 0.15) is 11.5 Å². The molecule has 114 valence electrons. The third-order valence-electron chi connectivity index (χ3n) is 4.47. The van der Waals surface area contributed by atoms with Crippen LogP contribution in [0.4, 0.5) is 0 Å². The number of carbonyl (C=O) groups excluding carboxylic acids is 1. The van der Waals surface area contributed by atoms with Crippen molar-refractivity contribution in [1.82, 2.24) is 5.32 Å². The Morgan fingerprint density at radius 1 is 1.00 bits per heavy atom. The van der Waals surface area contributed by atoms with Crippen molar-refractivity contribution in [3.63, 3.8) is 0 Å². The number of hydrogen-bond donors (Lipinski definition) is 1. The molecule has 0 radical (unpaired) electrons. The molecule has 1 fully saturated rings. The highest BCUT2D eigenvalue weighted by molar-refractivity contribution is 5.83. The molecule has 0 bridgehead atoms. The molecule has 0 amide bonds. The number of ether oxygens (including phenoxy) is 1. The molecule has 0 aliphatic carbocycles. The largest absolute Gasteiger partial charge is 0.497 e. The highest BCUT2D eigenvalue weighted by atomic mass is 16.5. The molecular formula is C19H21NO2. The fourth-order valence-electron chi connectivity index (χ4n) is 3.09. The van der Waals surface area contributed by atoms with Crippen LogP contribution in [0.15, 0.2) is 54.6 Å². The van der Waals surface area contributed by atoms with E-state index in [0.717, 1.165) is 11.3 Å². The zero-order valence-electron chi connectivity index (χ0n) is 13.0. The molecule has 0 aromatic heterocycles. The molecule has 1 aliphatic heterocycles. The lowest BCUT2D eigenvalue weighted by molar-refractivity contribution is -0.126. The molecular weight excluding hydrogens is 274 g/mol. The Hall–Kier alpha value is -2.13. The summed E-state index contributed by atoms with van der Waals surface area (Å²) in [5, 5.41) is 3.64. The molecule has 22 heavy (non-hydrogen) atoms. The van der Waals surface area contributed by atoms with Crippen LogP contribution in [0.5, 0.6) is 5.75 Å². The summed E-state index contributed by atoms with van der Waals surface area (Å²) in [6.45, 7) is 2.01. The van der Waals surface area contributed by atoms with Crippen LogP contribution < -0.4 is 10.1 Å². The summed E-state index contributed by atoms with van der Waals surface area (Å²) in [5.41, 5.74) is 2.29. The smallest absolute Gasteiger partial charge is 0.139 e. The Labute approximate surface area is 131 Å². The van der Waals surface area contributed by atoms with Gasteiger partial charge in [-0.05, 0) is 23.3 Å². The van der Waals surface area contributed by atoms with Crippen LogP contribution in [0.3, 0.4) is 0 Å². The van der Waals surface area contributed by atoms with Gasteiger partial charge in [-0.3, -0.25) is 4.79 Å². The van der Waals surface area contributed by atoms with E-state index in [1.165, 1.54) is 5.56 Å². The Kier molecular flexibility index (Phi) is 4.25. The minimum Gasteiger partial charge on any atom is -0.497 e. The molecule has 3 heteroatoms. The standard InChI is InChI=1S/C19H21NO2/c1-13-18(21)12-17(14-6-4-3-5-7-14)20-19(13)15-8-10-16(22-2)11-9-15/h3-11,13,17,19-20H,12H2,1-2H3/t13-,17+,19-/m1/s1. The average molecular weight is 295 g/mol. The van der Waals surface area contributed by atoms with Gasteiger partial charge in [0.05, 0.1) is 7.11 Å². The van der Waals surface area contributed by atoms with Crippen molar-refractivity contribution in [2.24, 2.45) is 5.92 Å². The second kappa shape index (κ2) is 6.32. The highest BCUT2D eigenvalue weighted by Gasteiger charge is 2.34. The van der Waals surface area contributed by atoms with Gasteiger partial charge in [0.2, 0.25) is 0 Å². The first kappa shape index (κ1) is 14.8. The maximum atomic E-state index is 12.4. The van der Waals surface area contributed by atoms with Crippen molar-refractivity contribution in [3.8, 4) is 5.75 Å². The van der Waals surface area contributed by atoms with Gasteiger partial charge in [-0.1, -0.05) is 49.4 Å². The van der Waals surface area contributed by atoms with Crippen LogP contribution in [-0.2, 0) is 4.79 Å². The van der Waals surface area contributed by atoms with E-state index in [1.807, 2.05) is 49.4 Å². The van der Waals surface area contributed by atoms with Crippen LogP contribution in [0.25, 0.3) is 0 Å². The van der Waals surface area contributed by atoms with Crippen LogP contribution in [0.1, 0.15) is 36.6 Å². The predicted molar refractivity (Wildman–Crippen MR) is 86.8 cm³/mol. The number of benzene rings is 2. The lowest BCUT2D eigenvalue weighted by Gasteiger charge is -2.35. The maximum Gasteiger partial charge on any atom is 0.139 e. The van der Waals surface area contributed by atoms with E-state index in [9.17, 15) is 4.79 Å². The van der Waals surface area contributed by atoms with Crippen molar-refractivity contribution in [3.05, 3.63) is 65.7 Å². The van der Waals surface area contributed by atoms with Crippen LogP contribution in [-0.4, -0.2) is 12.9 Å². The second-order valence-corrected chi connectivity index (χ2v) is 5.84. The number of Topliss-reactive ketones (excluding diaryl/α,β-unsaturated/α-hetero) is 1. The van der Waals surface area contributed by atoms with Crippen molar-refractivity contribution >= 4 is 5.78 Å². The Morgan fingerprint density at radius 3 is 2.32 bits per heavy atom. The number of rotatable bonds is 3. The molecule has 1 saturated heterocycles. The van der Waals surface area contributed by atoms with Crippen LogP contribution in [0.2, 0.25) is 0 Å². The summed E-state index contributed by atoms with van der Waals surface area (Å²) in [7, 11) is 1.66. The van der Waals surface area contributed by atoms with Gasteiger partial charge in [-0.25, -0.2) is 0 Å². The molecule has 1 aliphatic rings. The van der Waals surface area contributed by atoms with Gasteiger partial charge < -0.3 is 10.1 Å². The number of ketones is 1. The first-order chi connectivity index (χ1) is 10.7. The van der Waals surface area contributed by atoms with E-state index < -0.39 is 0 Å². The number of hydrogen-bond acceptors (Lipinski definition) is 3. The third kappa shape index (κ3) is 2.90. The summed E-state index contributed by atoms with van der Waals surface area (Å²) < 4.78 is 5.21. The summed E-state index contributed by atoms with van der Waals surface area (Å²) in [5.74, 6) is 1.12. The summed E-state index contributed by atoms with van der Waals surface area (Å²) >= 11 is 0. The van der Waals surface area contributed by atoms with Crippen LogP contribution in [0, 0.1) is 5.92 Å². The van der Waals surface area contributed by atoms with Gasteiger partial charge >= 0.3 is 0 Å². The fraction of sp³-hybridized carbons (Fsp3) is 0.316. The van der Waals surface area contributed by atoms with E-state index >= 15 is 0 Å². The third-order valence-corrected chi connectivity index (χ3v) is 4.47. The quantitative estimate of drug-likeness (QED) is 0.939. The lowest BCUT2D eigenvalue weighted by Crippen LogP contribution is -2.41. The molecule has 0 spiro atoms. The van der Waals surface area contributed by atoms with Gasteiger partial charge in [0.25, 0.3) is 0 Å². The Balaban J connectivity index is 1.86. The molecule has 3 rings (SSSR count). The molecule has 1 heterocycles. The molecule has 3 atom stereocenters. The van der Waals surface area contributed by atoms with E-state index in [4.69, 9.17) is 4.74 Å². The first-order valence-electron chi connectivity index (χ1n) is 7.66. The molecule has 2 aromatic carbocycles. The van der Waals surface area contributed by atoms with Gasteiger partial charge in [-0.15, -0.1) is 0 Å². The SMILES string of the molecule is COc1ccc([C@@H]2N[C@H](c3ccccc3)CC(=O)[C@H]2C)cc1. The van der Waals surface area contributed by atoms with Gasteiger partial charge in [0.15, 0.2) is 0 Å². The zero-order valence-corrected chi connectivity index (χ0v) is 13.0. The van der Waals surface area contributed by atoms with E-state index in [1.54, 1.807) is 7.11 Å². The zero-order chi connectivity index (χ0) is 15.5. The van der Waals surface area contributed by atoms with Gasteiger partial charge in [-0.2, -0.15) is 0 Å². The van der Waals surface area contributed by atoms with Gasteiger partial charge in [0, 0.05) is 24.4 Å². The van der Waals surface area contributed by atoms with Crippen molar-refractivity contribution in [2.75, 3.05) is 7.11 Å². The van der Waals surface area contributed by atoms with Crippen molar-refractivity contribution < 1.29 is 9.53 Å². The average Bonchev–Trinajstić information content (AvgIpc) is 2.58. The second-order valence-electron chi connectivity index (χ2n) is 5.84. The summed E-state index contributed by atoms with van der Waals surface area (Å²) in [6.07, 6.45) is 0.553. The Morgan fingerprint density at radius 2 is 1.68 bits per heavy atom. The predicted octanol–water partition coefficient (Wildman–Crippen LogP) is 3.68. The molecule has 0 saturated carbocycles. The maximum absolute atomic E-state index is 12.4. The van der Waals surface area contributed by atoms with E-state index in [2.05, 4.69) is 17.4 Å². The van der Waals surface area contributed by atoms with Crippen LogP contribution >= 0.6 is 0 Å². The minimum absolute atomic E-state index is 0.0200. The minimum atomic E-state index is -0.0200. The van der Waals surface area contributed by atoms with Crippen molar-refractivity contribution in [1.29, 1.82) is 0 Å². The monoisotopic (exact) mass is 295 g/mol. The topological polar surface area (TPSA) is 38.3 Å². The summed E-state index contributed by atoms with van der Waals surface area (Å²) in [6, 6.07) is 18.3. The number of nitrogens with one attached hydrogen (secondary N) is 1. The Bertz CT molecular complexity index is 636. The number of carbonyl (C=O) groups is 1. The van der Waals surface area contributed by atoms with E-state index in [-0.39, 0.29) is 18.0 Å². The first-order valence-corrected chi connectivity index (χ1v) is 7.66. The number of methoxy groups -OCH3 is 1. The molecule has 0 unspecified atom stereocenters. The number of piperidine rings is 1. The fourth-order valence-corrected chi connectivity index (χ4v) is 3.09. The normalized spacial score (nSPS) is 25.0. The summed E-state index contributed by atoms with van der Waals surface area (Å²) in [4.78, 5) is 12.4. The highest BCUT2D eigenvalue weighted by Crippen LogP contribution is 2.35. The molecule has 3 nitrogen and oxygen atoms in total. The van der Waals surface area contributed by atoms with Crippen molar-refractivity contribution in [2.45, 2.75) is 25.4 Å². The molecule has 2 aromatic rings. The molecule has 1 N–H and O–H groups in total. The lowest BCUT2D eigenvalue weighted by atomic mass is 9.82.